The number of rotatable bonds is 2. The van der Waals surface area contributed by atoms with Gasteiger partial charge in [-0.15, -0.1) is 0 Å². The van der Waals surface area contributed by atoms with E-state index in [1.54, 1.807) is 0 Å². The van der Waals surface area contributed by atoms with Crippen molar-refractivity contribution in [2.45, 2.75) is 13.8 Å². The molecule has 0 fully saturated rings. The minimum absolute atomic E-state index is 0. The van der Waals surface area contributed by atoms with Gasteiger partial charge in [0.05, 0.1) is 0 Å². The molecule has 0 N–H and O–H groups in total. The monoisotopic (exact) mass is 370 g/mol. The van der Waals surface area contributed by atoms with E-state index in [4.69, 9.17) is 0 Å². The Balaban J connectivity index is 0.00000176. The van der Waals surface area contributed by atoms with Gasteiger partial charge in [-0.05, 0) is 36.6 Å². The molecule has 2 heteroatoms. The van der Waals surface area contributed by atoms with Crippen LogP contribution in [0.1, 0.15) is 11.1 Å². The Morgan fingerprint density at radius 1 is 0.636 bits per heavy atom. The molecule has 0 saturated heterocycles. The van der Waals surface area contributed by atoms with Crippen LogP contribution < -0.4 is 0 Å². The fourth-order valence-electron chi connectivity index (χ4n) is 2.51. The summed E-state index contributed by atoms with van der Waals surface area (Å²) in [6, 6.07) is 23.8. The van der Waals surface area contributed by atoms with Crippen LogP contribution >= 0.6 is 29.4 Å². The Kier molecular flexibility index (Phi) is 5.49. The quantitative estimate of drug-likeness (QED) is 0.481. The topological polar surface area (TPSA) is 0 Å². The second-order valence-electron chi connectivity index (χ2n) is 5.39. The van der Waals surface area contributed by atoms with Gasteiger partial charge in [0, 0.05) is 10.0 Å². The molecule has 3 aromatic rings. The molecule has 3 aromatic carbocycles. The summed E-state index contributed by atoms with van der Waals surface area (Å²) < 4.78 is 1.13. The van der Waals surface area contributed by atoms with Crippen LogP contribution in [0.3, 0.4) is 0 Å². The molecule has 0 bridgehead atoms. The number of aryl methyl sites for hydroxylation is 2. The van der Waals surface area contributed by atoms with E-state index in [-0.39, 0.29) is 13.5 Å². The second kappa shape index (κ2) is 7.17. The largest absolute Gasteiger partial charge is 0.197 e. The maximum atomic E-state index is 3.71. The van der Waals surface area contributed by atoms with Gasteiger partial charge in [0.15, 0.2) is 0 Å². The van der Waals surface area contributed by atoms with Crippen molar-refractivity contribution in [3.63, 3.8) is 0 Å². The van der Waals surface area contributed by atoms with Gasteiger partial charge in [-0.1, -0.05) is 87.7 Å². The minimum atomic E-state index is 0. The van der Waals surface area contributed by atoms with Crippen molar-refractivity contribution in [3.8, 4) is 22.3 Å². The molecule has 0 aliphatic rings. The average molecular weight is 371 g/mol. The molecule has 0 unspecified atom stereocenters. The van der Waals surface area contributed by atoms with E-state index in [9.17, 15) is 0 Å². The molecule has 0 atom stereocenters. The van der Waals surface area contributed by atoms with Gasteiger partial charge in [0.1, 0.15) is 0 Å². The van der Waals surface area contributed by atoms with E-state index < -0.39 is 0 Å². The summed E-state index contributed by atoms with van der Waals surface area (Å²) in [6.45, 7) is 4.23. The minimum Gasteiger partial charge on any atom is -0.197 e. The van der Waals surface area contributed by atoms with Crippen molar-refractivity contribution in [1.29, 1.82) is 0 Å². The van der Waals surface area contributed by atoms with Crippen LogP contribution in [-0.2, 0) is 0 Å². The molecule has 0 aliphatic heterocycles. The van der Waals surface area contributed by atoms with E-state index in [2.05, 4.69) is 96.5 Å². The molecule has 112 valence electrons. The van der Waals surface area contributed by atoms with E-state index in [0.717, 1.165) is 4.47 Å². The van der Waals surface area contributed by atoms with Crippen molar-refractivity contribution >= 4 is 29.4 Å². The van der Waals surface area contributed by atoms with Crippen molar-refractivity contribution in [1.82, 2.24) is 0 Å². The highest BCUT2D eigenvalue weighted by atomic mass is 79.9. The zero-order chi connectivity index (χ0) is 14.8. The lowest BCUT2D eigenvalue weighted by Crippen LogP contribution is -1.87. The maximum absolute atomic E-state index is 3.71. The zero-order valence-electron chi connectivity index (χ0n) is 12.7. The van der Waals surface area contributed by atoms with Crippen LogP contribution in [-0.4, -0.2) is 0 Å². The normalized spacial score (nSPS) is 10.1. The predicted molar refractivity (Wildman–Crippen MR) is 105 cm³/mol. The highest BCUT2D eigenvalue weighted by Gasteiger charge is 2.10. The van der Waals surface area contributed by atoms with Gasteiger partial charge in [0.2, 0.25) is 0 Å². The first-order chi connectivity index (χ1) is 10.1. The smallest absolute Gasteiger partial charge is 0.0259 e. The van der Waals surface area contributed by atoms with Gasteiger partial charge in [-0.25, -0.2) is 0 Å². The SMILES string of the molecule is Cc1ccc(-c2cccc(Br)c2-c2ccc(C)cc2)cc1.S. The van der Waals surface area contributed by atoms with Gasteiger partial charge < -0.3 is 0 Å². The maximum Gasteiger partial charge on any atom is 0.0259 e. The third-order valence-electron chi connectivity index (χ3n) is 3.72. The lowest BCUT2D eigenvalue weighted by molar-refractivity contribution is 1.45. The highest BCUT2D eigenvalue weighted by Crippen LogP contribution is 2.37. The van der Waals surface area contributed by atoms with E-state index in [1.807, 2.05) is 0 Å². The van der Waals surface area contributed by atoms with Gasteiger partial charge in [-0.3, -0.25) is 0 Å². The summed E-state index contributed by atoms with van der Waals surface area (Å²) in [5, 5.41) is 0. The first-order valence-corrected chi connectivity index (χ1v) is 7.87. The zero-order valence-corrected chi connectivity index (χ0v) is 15.3. The molecule has 0 heterocycles. The molecule has 0 aliphatic carbocycles. The predicted octanol–water partition coefficient (Wildman–Crippen LogP) is 6.51. The van der Waals surface area contributed by atoms with Gasteiger partial charge in [0.25, 0.3) is 0 Å². The first kappa shape index (κ1) is 16.9. The summed E-state index contributed by atoms with van der Waals surface area (Å²) in [5.74, 6) is 0. The van der Waals surface area contributed by atoms with Crippen LogP contribution in [0.4, 0.5) is 0 Å². The molecule has 22 heavy (non-hydrogen) atoms. The third-order valence-corrected chi connectivity index (χ3v) is 4.38. The van der Waals surface area contributed by atoms with Crippen molar-refractivity contribution < 1.29 is 0 Å². The molecule has 0 radical (unpaired) electrons. The number of hydrogen-bond donors (Lipinski definition) is 0. The summed E-state index contributed by atoms with van der Waals surface area (Å²) in [6.07, 6.45) is 0. The molecular weight excluding hydrogens is 352 g/mol. The van der Waals surface area contributed by atoms with Crippen molar-refractivity contribution in [2.75, 3.05) is 0 Å². The Morgan fingerprint density at radius 3 is 1.68 bits per heavy atom. The standard InChI is InChI=1S/C20H17Br.H2S/c1-14-6-10-16(11-7-14)18-4-3-5-19(21)20(18)17-12-8-15(2)9-13-17;/h3-13H,1-2H3;1H2. The fraction of sp³-hybridized carbons (Fsp3) is 0.100. The second-order valence-corrected chi connectivity index (χ2v) is 6.25. The third kappa shape index (κ3) is 3.45. The summed E-state index contributed by atoms with van der Waals surface area (Å²) >= 11 is 3.71. The van der Waals surface area contributed by atoms with Crippen molar-refractivity contribution in [2.24, 2.45) is 0 Å². The lowest BCUT2D eigenvalue weighted by Gasteiger charge is -2.13. The van der Waals surface area contributed by atoms with Crippen LogP contribution in [0, 0.1) is 13.8 Å². The molecular formula is C20H19BrS. The molecule has 0 nitrogen and oxygen atoms in total. The Morgan fingerprint density at radius 2 is 1.14 bits per heavy atom. The number of halogens is 1. The molecule has 3 rings (SSSR count). The summed E-state index contributed by atoms with van der Waals surface area (Å²) in [4.78, 5) is 0. The number of hydrogen-bond acceptors (Lipinski definition) is 0. The van der Waals surface area contributed by atoms with Crippen LogP contribution in [0.2, 0.25) is 0 Å². The Labute approximate surface area is 147 Å². The summed E-state index contributed by atoms with van der Waals surface area (Å²) in [7, 11) is 0. The number of benzene rings is 3. The lowest BCUT2D eigenvalue weighted by atomic mass is 9.94. The fourth-order valence-corrected chi connectivity index (χ4v) is 3.11. The van der Waals surface area contributed by atoms with Crippen molar-refractivity contribution in [3.05, 3.63) is 82.3 Å². The van der Waals surface area contributed by atoms with Crippen LogP contribution in [0.15, 0.2) is 71.2 Å². The highest BCUT2D eigenvalue weighted by molar-refractivity contribution is 9.10. The van der Waals surface area contributed by atoms with Crippen LogP contribution in [0.25, 0.3) is 22.3 Å². The molecule has 0 aromatic heterocycles. The first-order valence-electron chi connectivity index (χ1n) is 7.08. The van der Waals surface area contributed by atoms with E-state index >= 15 is 0 Å². The Bertz CT molecular complexity index is 759. The van der Waals surface area contributed by atoms with Gasteiger partial charge in [-0.2, -0.15) is 13.5 Å². The van der Waals surface area contributed by atoms with E-state index in [0.29, 0.717) is 0 Å². The van der Waals surface area contributed by atoms with Gasteiger partial charge >= 0.3 is 0 Å². The Hall–Kier alpha value is -1.51. The van der Waals surface area contributed by atoms with Crippen LogP contribution in [0.5, 0.6) is 0 Å². The van der Waals surface area contributed by atoms with E-state index in [1.165, 1.54) is 33.4 Å². The summed E-state index contributed by atoms with van der Waals surface area (Å²) in [5.41, 5.74) is 7.56. The average Bonchev–Trinajstić information content (AvgIpc) is 2.49. The molecule has 0 spiro atoms. The molecule has 0 saturated carbocycles. The molecule has 0 amide bonds.